The predicted molar refractivity (Wildman–Crippen MR) is 72.1 cm³/mol. The summed E-state index contributed by atoms with van der Waals surface area (Å²) in [6.07, 6.45) is 5.08. The van der Waals surface area contributed by atoms with Crippen molar-refractivity contribution in [1.82, 2.24) is 0 Å². The van der Waals surface area contributed by atoms with Gasteiger partial charge in [-0.2, -0.15) is 5.26 Å². The molecule has 1 aliphatic rings. The standard InChI is InChI=1S/C14H19N3O/c15-9-11-8-12(4-5-13(11)16)17-10-14(18)6-2-1-3-7-14/h4-5,8,17-18H,1-3,6-7,10,16H2. The van der Waals surface area contributed by atoms with Gasteiger partial charge in [-0.05, 0) is 31.0 Å². The van der Waals surface area contributed by atoms with E-state index in [0.29, 0.717) is 17.8 Å². The Hall–Kier alpha value is -1.73. The summed E-state index contributed by atoms with van der Waals surface area (Å²) in [4.78, 5) is 0. The summed E-state index contributed by atoms with van der Waals surface area (Å²) >= 11 is 0. The molecule has 1 saturated carbocycles. The quantitative estimate of drug-likeness (QED) is 0.713. The normalized spacial score (nSPS) is 18.0. The van der Waals surface area contributed by atoms with E-state index in [1.807, 2.05) is 6.07 Å². The van der Waals surface area contributed by atoms with E-state index >= 15 is 0 Å². The molecule has 0 bridgehead atoms. The number of hydrogen-bond donors (Lipinski definition) is 3. The average Bonchev–Trinajstić information content (AvgIpc) is 2.39. The maximum atomic E-state index is 10.4. The third-order valence-electron chi connectivity index (χ3n) is 3.58. The molecule has 2 rings (SSSR count). The van der Waals surface area contributed by atoms with Crippen LogP contribution in [0.25, 0.3) is 0 Å². The van der Waals surface area contributed by atoms with Gasteiger partial charge in [0.2, 0.25) is 0 Å². The number of aliphatic hydroxyl groups is 1. The van der Waals surface area contributed by atoms with E-state index in [9.17, 15) is 5.11 Å². The smallest absolute Gasteiger partial charge is 0.101 e. The molecule has 18 heavy (non-hydrogen) atoms. The van der Waals surface area contributed by atoms with E-state index in [2.05, 4.69) is 11.4 Å². The fourth-order valence-electron chi connectivity index (χ4n) is 2.42. The molecule has 4 nitrogen and oxygen atoms in total. The zero-order chi connectivity index (χ0) is 13.0. The Morgan fingerprint density at radius 1 is 1.33 bits per heavy atom. The molecule has 0 aromatic heterocycles. The first-order chi connectivity index (χ1) is 8.63. The van der Waals surface area contributed by atoms with E-state index < -0.39 is 5.60 Å². The number of nitriles is 1. The number of hydrogen-bond acceptors (Lipinski definition) is 4. The highest BCUT2D eigenvalue weighted by molar-refractivity contribution is 5.61. The third-order valence-corrected chi connectivity index (χ3v) is 3.58. The van der Waals surface area contributed by atoms with Crippen LogP contribution < -0.4 is 11.1 Å². The molecule has 0 heterocycles. The lowest BCUT2D eigenvalue weighted by molar-refractivity contribution is 0.0167. The molecule has 1 aliphatic carbocycles. The van der Waals surface area contributed by atoms with Crippen molar-refractivity contribution < 1.29 is 5.11 Å². The molecule has 0 aliphatic heterocycles. The zero-order valence-electron chi connectivity index (χ0n) is 10.4. The van der Waals surface area contributed by atoms with Gasteiger partial charge in [0.15, 0.2) is 0 Å². The maximum absolute atomic E-state index is 10.4. The maximum Gasteiger partial charge on any atom is 0.101 e. The van der Waals surface area contributed by atoms with Gasteiger partial charge in [0, 0.05) is 17.9 Å². The molecule has 0 radical (unpaired) electrons. The van der Waals surface area contributed by atoms with Crippen LogP contribution in [-0.4, -0.2) is 17.3 Å². The Kier molecular flexibility index (Phi) is 3.73. The molecular formula is C14H19N3O. The predicted octanol–water partition coefficient (Wildman–Crippen LogP) is 2.25. The lowest BCUT2D eigenvalue weighted by Crippen LogP contribution is -2.38. The van der Waals surface area contributed by atoms with Gasteiger partial charge in [-0.3, -0.25) is 0 Å². The molecular weight excluding hydrogens is 226 g/mol. The number of nitrogens with one attached hydrogen (secondary N) is 1. The second kappa shape index (κ2) is 5.28. The number of rotatable bonds is 3. The van der Waals surface area contributed by atoms with Gasteiger partial charge in [-0.15, -0.1) is 0 Å². The second-order valence-electron chi connectivity index (χ2n) is 5.05. The van der Waals surface area contributed by atoms with Crippen molar-refractivity contribution in [2.24, 2.45) is 0 Å². The van der Waals surface area contributed by atoms with Crippen LogP contribution in [0.4, 0.5) is 11.4 Å². The van der Waals surface area contributed by atoms with Gasteiger partial charge in [0.05, 0.1) is 11.2 Å². The average molecular weight is 245 g/mol. The minimum Gasteiger partial charge on any atom is -0.398 e. The van der Waals surface area contributed by atoms with Crippen molar-refractivity contribution in [1.29, 1.82) is 5.26 Å². The van der Waals surface area contributed by atoms with Crippen molar-refractivity contribution in [3.05, 3.63) is 23.8 Å². The summed E-state index contributed by atoms with van der Waals surface area (Å²) in [7, 11) is 0. The topological polar surface area (TPSA) is 82.1 Å². The van der Waals surface area contributed by atoms with Crippen LogP contribution in [-0.2, 0) is 0 Å². The SMILES string of the molecule is N#Cc1cc(NCC2(O)CCCCC2)ccc1N. The van der Waals surface area contributed by atoms with E-state index in [1.165, 1.54) is 6.42 Å². The Bertz CT molecular complexity index is 459. The summed E-state index contributed by atoms with van der Waals surface area (Å²) in [5, 5.41) is 22.5. The van der Waals surface area contributed by atoms with E-state index in [1.54, 1.807) is 12.1 Å². The first-order valence-corrected chi connectivity index (χ1v) is 6.39. The molecule has 0 saturated heterocycles. The van der Waals surface area contributed by atoms with Gasteiger partial charge < -0.3 is 16.2 Å². The monoisotopic (exact) mass is 245 g/mol. The van der Waals surface area contributed by atoms with Crippen LogP contribution in [0.5, 0.6) is 0 Å². The second-order valence-corrected chi connectivity index (χ2v) is 5.05. The number of nitrogens with two attached hydrogens (primary N) is 1. The van der Waals surface area contributed by atoms with E-state index in [-0.39, 0.29) is 0 Å². The van der Waals surface area contributed by atoms with Crippen LogP contribution >= 0.6 is 0 Å². The van der Waals surface area contributed by atoms with Gasteiger partial charge in [0.1, 0.15) is 6.07 Å². The fourth-order valence-corrected chi connectivity index (χ4v) is 2.42. The Balaban J connectivity index is 2.00. The lowest BCUT2D eigenvalue weighted by atomic mass is 9.85. The summed E-state index contributed by atoms with van der Waals surface area (Å²) < 4.78 is 0. The molecule has 1 fully saturated rings. The van der Waals surface area contributed by atoms with Crippen molar-refractivity contribution in [3.8, 4) is 6.07 Å². The van der Waals surface area contributed by atoms with Crippen LogP contribution in [0.1, 0.15) is 37.7 Å². The zero-order valence-corrected chi connectivity index (χ0v) is 10.4. The van der Waals surface area contributed by atoms with Gasteiger partial charge in [0.25, 0.3) is 0 Å². The fraction of sp³-hybridized carbons (Fsp3) is 0.500. The van der Waals surface area contributed by atoms with Crippen LogP contribution in [0.3, 0.4) is 0 Å². The summed E-state index contributed by atoms with van der Waals surface area (Å²) in [6.45, 7) is 0.530. The largest absolute Gasteiger partial charge is 0.398 e. The van der Waals surface area contributed by atoms with Crippen molar-refractivity contribution in [3.63, 3.8) is 0 Å². The first-order valence-electron chi connectivity index (χ1n) is 6.39. The highest BCUT2D eigenvalue weighted by atomic mass is 16.3. The molecule has 0 amide bonds. The number of anilines is 2. The molecule has 1 aromatic carbocycles. The molecule has 96 valence electrons. The molecule has 4 heteroatoms. The molecule has 4 N–H and O–H groups in total. The Morgan fingerprint density at radius 3 is 2.72 bits per heavy atom. The summed E-state index contributed by atoms with van der Waals surface area (Å²) in [5.41, 5.74) is 6.85. The number of benzene rings is 1. The van der Waals surface area contributed by atoms with Crippen LogP contribution in [0.2, 0.25) is 0 Å². The summed E-state index contributed by atoms with van der Waals surface area (Å²) in [6, 6.07) is 7.33. The van der Waals surface area contributed by atoms with Crippen molar-refractivity contribution in [2.45, 2.75) is 37.7 Å². The number of nitrogens with zero attached hydrogens (tertiary/aromatic N) is 1. The van der Waals surface area contributed by atoms with Crippen molar-refractivity contribution in [2.75, 3.05) is 17.6 Å². The Morgan fingerprint density at radius 2 is 2.06 bits per heavy atom. The molecule has 0 unspecified atom stereocenters. The molecule has 0 atom stereocenters. The first kappa shape index (κ1) is 12.7. The van der Waals surface area contributed by atoms with Crippen LogP contribution in [0, 0.1) is 11.3 Å². The molecule has 0 spiro atoms. The van der Waals surface area contributed by atoms with E-state index in [0.717, 1.165) is 31.4 Å². The minimum atomic E-state index is -0.605. The Labute approximate surface area is 107 Å². The minimum absolute atomic E-state index is 0.468. The number of nitrogen functional groups attached to an aromatic ring is 1. The van der Waals surface area contributed by atoms with Gasteiger partial charge in [-0.25, -0.2) is 0 Å². The lowest BCUT2D eigenvalue weighted by Gasteiger charge is -2.32. The third kappa shape index (κ3) is 2.93. The molecule has 1 aromatic rings. The van der Waals surface area contributed by atoms with E-state index in [4.69, 9.17) is 11.0 Å². The van der Waals surface area contributed by atoms with Crippen LogP contribution in [0.15, 0.2) is 18.2 Å². The summed E-state index contributed by atoms with van der Waals surface area (Å²) in [5.74, 6) is 0. The van der Waals surface area contributed by atoms with Gasteiger partial charge in [-0.1, -0.05) is 19.3 Å². The highest BCUT2D eigenvalue weighted by Crippen LogP contribution is 2.28. The van der Waals surface area contributed by atoms with Gasteiger partial charge >= 0.3 is 0 Å². The van der Waals surface area contributed by atoms with Crippen molar-refractivity contribution >= 4 is 11.4 Å². The highest BCUT2D eigenvalue weighted by Gasteiger charge is 2.28.